The summed E-state index contributed by atoms with van der Waals surface area (Å²) >= 11 is 0. The van der Waals surface area contributed by atoms with Gasteiger partial charge >= 0.3 is 7.12 Å². The van der Waals surface area contributed by atoms with Crippen molar-refractivity contribution in [3.63, 3.8) is 0 Å². The van der Waals surface area contributed by atoms with E-state index in [-0.39, 0.29) is 5.03 Å². The van der Waals surface area contributed by atoms with Gasteiger partial charge in [-0.1, -0.05) is 6.07 Å². The van der Waals surface area contributed by atoms with Gasteiger partial charge in [-0.2, -0.15) is 0 Å². The van der Waals surface area contributed by atoms with Gasteiger partial charge in [0.15, 0.2) is 5.03 Å². The number of nitrogens with zero attached hydrogens (tertiary/aromatic N) is 1. The highest BCUT2D eigenvalue weighted by atomic mass is 32.2. The zero-order valence-electron chi connectivity index (χ0n) is 14.8. The normalized spacial score (nSPS) is 20.7. The minimum Gasteiger partial charge on any atom is -0.399 e. The maximum Gasteiger partial charge on any atom is 0.496 e. The van der Waals surface area contributed by atoms with Crippen LogP contribution >= 0.6 is 0 Å². The molecular weight excluding hydrogens is 315 g/mol. The minimum absolute atomic E-state index is 0.0207. The molecule has 2 heterocycles. The third-order valence-corrected chi connectivity index (χ3v) is 5.67. The van der Waals surface area contributed by atoms with Crippen LogP contribution in [-0.4, -0.2) is 37.3 Å². The summed E-state index contributed by atoms with van der Waals surface area (Å²) in [7, 11) is -4.20. The fourth-order valence-corrected chi connectivity index (χ4v) is 3.47. The van der Waals surface area contributed by atoms with E-state index in [1.54, 1.807) is 26.8 Å². The number of rotatable bonds is 3. The molecule has 1 aromatic rings. The molecule has 0 atom stereocenters. The lowest BCUT2D eigenvalue weighted by Gasteiger charge is -2.32. The molecule has 1 aliphatic rings. The van der Waals surface area contributed by atoms with Crippen molar-refractivity contribution in [2.75, 3.05) is 0 Å². The molecule has 1 saturated heterocycles. The van der Waals surface area contributed by atoms with E-state index in [1.807, 2.05) is 27.7 Å². The Morgan fingerprint density at radius 3 is 2.00 bits per heavy atom. The Morgan fingerprint density at radius 1 is 1.09 bits per heavy atom. The number of hydrogen-bond acceptors (Lipinski definition) is 5. The van der Waals surface area contributed by atoms with Crippen LogP contribution in [0.15, 0.2) is 23.4 Å². The maximum atomic E-state index is 12.3. The predicted molar refractivity (Wildman–Crippen MR) is 90.0 cm³/mol. The van der Waals surface area contributed by atoms with Crippen LogP contribution in [0, 0.1) is 0 Å². The molecule has 6 nitrogen and oxygen atoms in total. The highest BCUT2D eigenvalue weighted by Gasteiger charge is 2.51. The highest BCUT2D eigenvalue weighted by Crippen LogP contribution is 2.36. The molecule has 1 N–H and O–H groups in total. The number of sulfonamides is 1. The smallest absolute Gasteiger partial charge is 0.399 e. The second kappa shape index (κ2) is 5.55. The van der Waals surface area contributed by atoms with Gasteiger partial charge < -0.3 is 9.31 Å². The van der Waals surface area contributed by atoms with Crippen LogP contribution in [0.4, 0.5) is 0 Å². The third kappa shape index (κ3) is 3.93. The van der Waals surface area contributed by atoms with E-state index in [4.69, 9.17) is 9.31 Å². The summed E-state index contributed by atoms with van der Waals surface area (Å²) in [6.07, 6.45) is 1.49. The lowest BCUT2D eigenvalue weighted by atomic mass is 9.80. The molecule has 1 fully saturated rings. The van der Waals surface area contributed by atoms with E-state index in [9.17, 15) is 8.42 Å². The van der Waals surface area contributed by atoms with Crippen molar-refractivity contribution >= 4 is 22.6 Å². The van der Waals surface area contributed by atoms with Crippen molar-refractivity contribution in [1.82, 2.24) is 9.71 Å². The van der Waals surface area contributed by atoms with Crippen molar-refractivity contribution in [3.8, 4) is 0 Å². The van der Waals surface area contributed by atoms with E-state index >= 15 is 0 Å². The molecule has 0 radical (unpaired) electrons. The van der Waals surface area contributed by atoms with Crippen LogP contribution in [0.5, 0.6) is 0 Å². The SMILES string of the molecule is CC(C)(C)NS(=O)(=O)c1ccc(B2OC(C)(C)C(C)(C)O2)cn1. The highest BCUT2D eigenvalue weighted by molar-refractivity contribution is 7.89. The summed E-state index contributed by atoms with van der Waals surface area (Å²) in [5.74, 6) is 0. The molecule has 0 spiro atoms. The Hall–Kier alpha value is -0.955. The lowest BCUT2D eigenvalue weighted by Crippen LogP contribution is -2.41. The molecule has 0 bridgehead atoms. The van der Waals surface area contributed by atoms with Crippen LogP contribution in [0.3, 0.4) is 0 Å². The molecular formula is C15H25BN2O4S. The quantitative estimate of drug-likeness (QED) is 0.843. The first-order chi connectivity index (χ1) is 10.2. The van der Waals surface area contributed by atoms with Gasteiger partial charge in [0.05, 0.1) is 11.2 Å². The van der Waals surface area contributed by atoms with E-state index < -0.39 is 33.9 Å². The van der Waals surface area contributed by atoms with E-state index in [0.717, 1.165) is 0 Å². The molecule has 128 valence electrons. The van der Waals surface area contributed by atoms with Gasteiger partial charge in [-0.15, -0.1) is 0 Å². The monoisotopic (exact) mass is 340 g/mol. The van der Waals surface area contributed by atoms with Gasteiger partial charge in [0.25, 0.3) is 10.0 Å². The van der Waals surface area contributed by atoms with E-state index in [1.165, 1.54) is 12.3 Å². The van der Waals surface area contributed by atoms with Crippen LogP contribution in [0.1, 0.15) is 48.5 Å². The largest absolute Gasteiger partial charge is 0.496 e. The third-order valence-electron chi connectivity index (χ3n) is 4.00. The van der Waals surface area contributed by atoms with Crippen LogP contribution in [-0.2, 0) is 19.3 Å². The van der Waals surface area contributed by atoms with Crippen molar-refractivity contribution in [2.45, 2.75) is 70.2 Å². The topological polar surface area (TPSA) is 77.5 Å². The Bertz CT molecular complexity index is 662. The molecule has 0 unspecified atom stereocenters. The van der Waals surface area contributed by atoms with Crippen molar-refractivity contribution in [1.29, 1.82) is 0 Å². The van der Waals surface area contributed by atoms with Gasteiger partial charge in [-0.3, -0.25) is 0 Å². The lowest BCUT2D eigenvalue weighted by molar-refractivity contribution is 0.00578. The molecule has 23 heavy (non-hydrogen) atoms. The van der Waals surface area contributed by atoms with Gasteiger partial charge in [-0.05, 0) is 54.5 Å². The standard InChI is InChI=1S/C15H25BN2O4S/c1-13(2,3)18-23(19,20)12-9-8-11(10-17-12)16-21-14(4,5)15(6,7)22-16/h8-10,18H,1-7H3. The van der Waals surface area contributed by atoms with E-state index in [0.29, 0.717) is 5.46 Å². The van der Waals surface area contributed by atoms with Crippen LogP contribution in [0.2, 0.25) is 0 Å². The zero-order valence-corrected chi connectivity index (χ0v) is 15.6. The summed E-state index contributed by atoms with van der Waals surface area (Å²) in [5.41, 5.74) is -0.768. The molecule has 1 aliphatic heterocycles. The van der Waals surface area contributed by atoms with Crippen molar-refractivity contribution in [2.24, 2.45) is 0 Å². The molecule has 8 heteroatoms. The predicted octanol–water partition coefficient (Wildman–Crippen LogP) is 1.46. The Kier molecular flexibility index (Phi) is 4.43. The summed E-state index contributed by atoms with van der Waals surface area (Å²) in [6.45, 7) is 13.2. The Morgan fingerprint density at radius 2 is 1.61 bits per heavy atom. The minimum atomic E-state index is -3.65. The average Bonchev–Trinajstić information content (AvgIpc) is 2.56. The average molecular weight is 340 g/mol. The summed E-state index contributed by atoms with van der Waals surface area (Å²) in [4.78, 5) is 4.06. The van der Waals surface area contributed by atoms with Crippen molar-refractivity contribution < 1.29 is 17.7 Å². The maximum absolute atomic E-state index is 12.3. The fourth-order valence-electron chi connectivity index (χ4n) is 2.12. The molecule has 0 amide bonds. The molecule has 0 saturated carbocycles. The van der Waals surface area contributed by atoms with Gasteiger partial charge in [-0.25, -0.2) is 18.1 Å². The van der Waals surface area contributed by atoms with Gasteiger partial charge in [0.1, 0.15) is 0 Å². The van der Waals surface area contributed by atoms with Gasteiger partial charge in [0, 0.05) is 17.2 Å². The first-order valence-corrected chi connectivity index (χ1v) is 9.07. The Labute approximate surface area is 139 Å². The molecule has 0 aliphatic carbocycles. The number of aromatic nitrogens is 1. The van der Waals surface area contributed by atoms with E-state index in [2.05, 4.69) is 9.71 Å². The zero-order chi connectivity index (χ0) is 17.7. The first kappa shape index (κ1) is 18.4. The second-order valence-electron chi connectivity index (χ2n) is 7.87. The second-order valence-corrected chi connectivity index (χ2v) is 9.50. The van der Waals surface area contributed by atoms with Crippen LogP contribution in [0.25, 0.3) is 0 Å². The molecule has 0 aromatic carbocycles. The Balaban J connectivity index is 2.22. The number of pyridine rings is 1. The summed E-state index contributed by atoms with van der Waals surface area (Å²) in [5, 5.41) is -0.0207. The number of hydrogen-bond donors (Lipinski definition) is 1. The molecule has 1 aromatic heterocycles. The summed E-state index contributed by atoms with van der Waals surface area (Å²) < 4.78 is 38.9. The fraction of sp³-hybridized carbons (Fsp3) is 0.667. The molecule has 2 rings (SSSR count). The number of nitrogens with one attached hydrogen (secondary N) is 1. The van der Waals surface area contributed by atoms with Gasteiger partial charge in [0.2, 0.25) is 0 Å². The first-order valence-electron chi connectivity index (χ1n) is 7.59. The van der Waals surface area contributed by atoms with Crippen molar-refractivity contribution in [3.05, 3.63) is 18.3 Å². The summed E-state index contributed by atoms with van der Waals surface area (Å²) in [6, 6.07) is 3.14. The van der Waals surface area contributed by atoms with Crippen LogP contribution < -0.4 is 10.2 Å².